The summed E-state index contributed by atoms with van der Waals surface area (Å²) in [5, 5.41) is 0. The SMILES string of the molecule is Cc1c(-c2ccncc2F)nc[nH]c1=O. The average Bonchev–Trinajstić information content (AvgIpc) is 2.23. The van der Waals surface area contributed by atoms with E-state index in [0.717, 1.165) is 6.20 Å². The number of hydrogen-bond donors (Lipinski definition) is 1. The monoisotopic (exact) mass is 205 g/mol. The van der Waals surface area contributed by atoms with E-state index in [1.54, 1.807) is 6.92 Å². The lowest BCUT2D eigenvalue weighted by Crippen LogP contribution is -2.11. The second-order valence-corrected chi connectivity index (χ2v) is 3.06. The number of halogens is 1. The highest BCUT2D eigenvalue weighted by atomic mass is 19.1. The highest BCUT2D eigenvalue weighted by Crippen LogP contribution is 2.20. The number of H-pyrrole nitrogens is 1. The highest BCUT2D eigenvalue weighted by Gasteiger charge is 2.10. The Kier molecular flexibility index (Phi) is 2.29. The molecule has 0 amide bonds. The average molecular weight is 205 g/mol. The van der Waals surface area contributed by atoms with E-state index in [-0.39, 0.29) is 11.1 Å². The van der Waals surface area contributed by atoms with E-state index in [2.05, 4.69) is 15.0 Å². The third-order valence-corrected chi connectivity index (χ3v) is 2.11. The first-order valence-corrected chi connectivity index (χ1v) is 4.34. The lowest BCUT2D eigenvalue weighted by atomic mass is 10.1. The van der Waals surface area contributed by atoms with Gasteiger partial charge < -0.3 is 4.98 Å². The van der Waals surface area contributed by atoms with Crippen molar-refractivity contribution in [3.63, 3.8) is 0 Å². The molecule has 0 atom stereocenters. The van der Waals surface area contributed by atoms with Crippen LogP contribution in [0.2, 0.25) is 0 Å². The molecule has 5 heteroatoms. The molecule has 0 spiro atoms. The van der Waals surface area contributed by atoms with Gasteiger partial charge in [0.15, 0.2) is 5.82 Å². The summed E-state index contributed by atoms with van der Waals surface area (Å²) in [6.45, 7) is 1.60. The number of aromatic nitrogens is 3. The van der Waals surface area contributed by atoms with Crippen LogP contribution < -0.4 is 5.56 Å². The molecule has 0 radical (unpaired) electrons. The van der Waals surface area contributed by atoms with E-state index in [1.165, 1.54) is 18.6 Å². The topological polar surface area (TPSA) is 58.6 Å². The first-order chi connectivity index (χ1) is 7.20. The number of rotatable bonds is 1. The summed E-state index contributed by atoms with van der Waals surface area (Å²) >= 11 is 0. The van der Waals surface area contributed by atoms with Crippen molar-refractivity contribution in [3.05, 3.63) is 46.5 Å². The molecular formula is C10H8FN3O. The minimum Gasteiger partial charge on any atom is -0.313 e. The maximum absolute atomic E-state index is 13.4. The van der Waals surface area contributed by atoms with Crippen molar-refractivity contribution in [2.75, 3.05) is 0 Å². The van der Waals surface area contributed by atoms with Crippen molar-refractivity contribution in [1.29, 1.82) is 0 Å². The summed E-state index contributed by atoms with van der Waals surface area (Å²) in [6.07, 6.45) is 3.81. The summed E-state index contributed by atoms with van der Waals surface area (Å²) in [6, 6.07) is 1.49. The second-order valence-electron chi connectivity index (χ2n) is 3.06. The van der Waals surface area contributed by atoms with Crippen molar-refractivity contribution in [3.8, 4) is 11.3 Å². The summed E-state index contributed by atoms with van der Waals surface area (Å²) in [7, 11) is 0. The van der Waals surface area contributed by atoms with Crippen LogP contribution in [0.4, 0.5) is 4.39 Å². The Bertz CT molecular complexity index is 550. The Morgan fingerprint density at radius 3 is 3.00 bits per heavy atom. The smallest absolute Gasteiger partial charge is 0.254 e. The van der Waals surface area contributed by atoms with Crippen LogP contribution in [0.25, 0.3) is 11.3 Å². The number of pyridine rings is 1. The van der Waals surface area contributed by atoms with Gasteiger partial charge in [-0.1, -0.05) is 0 Å². The van der Waals surface area contributed by atoms with Crippen molar-refractivity contribution in [1.82, 2.24) is 15.0 Å². The van der Waals surface area contributed by atoms with Gasteiger partial charge in [0.2, 0.25) is 0 Å². The van der Waals surface area contributed by atoms with Gasteiger partial charge in [-0.3, -0.25) is 9.78 Å². The highest BCUT2D eigenvalue weighted by molar-refractivity contribution is 5.61. The number of aromatic amines is 1. The molecular weight excluding hydrogens is 197 g/mol. The zero-order valence-electron chi connectivity index (χ0n) is 7.99. The molecule has 0 saturated heterocycles. The summed E-state index contributed by atoms with van der Waals surface area (Å²) in [5.74, 6) is -0.487. The molecule has 0 aliphatic heterocycles. The van der Waals surface area contributed by atoms with Crippen LogP contribution in [0, 0.1) is 12.7 Å². The number of nitrogens with one attached hydrogen (secondary N) is 1. The first kappa shape index (κ1) is 9.51. The van der Waals surface area contributed by atoms with Gasteiger partial charge in [0, 0.05) is 17.3 Å². The fourth-order valence-electron chi connectivity index (χ4n) is 1.31. The van der Waals surface area contributed by atoms with Crippen molar-refractivity contribution in [2.24, 2.45) is 0 Å². The lowest BCUT2D eigenvalue weighted by Gasteiger charge is -2.03. The molecule has 0 fully saturated rings. The predicted molar refractivity (Wildman–Crippen MR) is 52.8 cm³/mol. The molecule has 0 unspecified atom stereocenters. The van der Waals surface area contributed by atoms with Gasteiger partial charge >= 0.3 is 0 Å². The van der Waals surface area contributed by atoms with Gasteiger partial charge in [0.05, 0.1) is 18.2 Å². The van der Waals surface area contributed by atoms with Gasteiger partial charge in [0.1, 0.15) is 0 Å². The molecule has 0 aliphatic carbocycles. The van der Waals surface area contributed by atoms with E-state index < -0.39 is 5.82 Å². The quantitative estimate of drug-likeness (QED) is 0.762. The van der Waals surface area contributed by atoms with E-state index >= 15 is 0 Å². The van der Waals surface area contributed by atoms with Gasteiger partial charge in [-0.2, -0.15) is 0 Å². The molecule has 0 aliphatic rings. The van der Waals surface area contributed by atoms with Gasteiger partial charge in [-0.15, -0.1) is 0 Å². The Morgan fingerprint density at radius 2 is 2.27 bits per heavy atom. The largest absolute Gasteiger partial charge is 0.313 e. The molecule has 15 heavy (non-hydrogen) atoms. The molecule has 76 valence electrons. The van der Waals surface area contributed by atoms with E-state index in [9.17, 15) is 9.18 Å². The van der Waals surface area contributed by atoms with Crippen molar-refractivity contribution >= 4 is 0 Å². The van der Waals surface area contributed by atoms with E-state index in [4.69, 9.17) is 0 Å². The fourth-order valence-corrected chi connectivity index (χ4v) is 1.31. The Labute approximate surface area is 84.8 Å². The Morgan fingerprint density at radius 1 is 1.47 bits per heavy atom. The van der Waals surface area contributed by atoms with Crippen LogP contribution in [0.1, 0.15) is 5.56 Å². The number of nitrogens with zero attached hydrogens (tertiary/aromatic N) is 2. The van der Waals surface area contributed by atoms with Crippen LogP contribution in [0.15, 0.2) is 29.6 Å². The minimum atomic E-state index is -0.487. The van der Waals surface area contributed by atoms with Crippen LogP contribution in [-0.2, 0) is 0 Å². The van der Waals surface area contributed by atoms with Crippen LogP contribution in [-0.4, -0.2) is 15.0 Å². The van der Waals surface area contributed by atoms with Crippen LogP contribution in [0.3, 0.4) is 0 Å². The van der Waals surface area contributed by atoms with E-state index in [0.29, 0.717) is 11.3 Å². The molecule has 2 aromatic heterocycles. The molecule has 2 heterocycles. The molecule has 2 aromatic rings. The molecule has 0 saturated carbocycles. The van der Waals surface area contributed by atoms with E-state index in [1.807, 2.05) is 0 Å². The van der Waals surface area contributed by atoms with Gasteiger partial charge in [0.25, 0.3) is 5.56 Å². The second kappa shape index (κ2) is 3.61. The molecule has 4 nitrogen and oxygen atoms in total. The first-order valence-electron chi connectivity index (χ1n) is 4.34. The zero-order valence-corrected chi connectivity index (χ0v) is 7.99. The zero-order chi connectivity index (χ0) is 10.8. The van der Waals surface area contributed by atoms with Crippen molar-refractivity contribution in [2.45, 2.75) is 6.92 Å². The van der Waals surface area contributed by atoms with Gasteiger partial charge in [-0.05, 0) is 13.0 Å². The molecule has 1 N–H and O–H groups in total. The molecule has 0 bridgehead atoms. The van der Waals surface area contributed by atoms with Crippen molar-refractivity contribution < 1.29 is 4.39 Å². The normalized spacial score (nSPS) is 10.3. The Balaban J connectivity index is 2.70. The molecule has 2 rings (SSSR count). The third-order valence-electron chi connectivity index (χ3n) is 2.11. The number of hydrogen-bond acceptors (Lipinski definition) is 3. The van der Waals surface area contributed by atoms with Gasteiger partial charge in [-0.25, -0.2) is 9.37 Å². The predicted octanol–water partition coefficient (Wildman–Crippen LogP) is 1.28. The maximum Gasteiger partial charge on any atom is 0.254 e. The third kappa shape index (κ3) is 1.63. The Hall–Kier alpha value is -2.04. The molecule has 0 aromatic carbocycles. The van der Waals surface area contributed by atoms with Crippen LogP contribution >= 0.6 is 0 Å². The minimum absolute atomic E-state index is 0.267. The lowest BCUT2D eigenvalue weighted by molar-refractivity contribution is 0.624. The summed E-state index contributed by atoms with van der Waals surface area (Å²) in [5.41, 5.74) is 0.756. The summed E-state index contributed by atoms with van der Waals surface area (Å²) in [4.78, 5) is 21.3. The summed E-state index contributed by atoms with van der Waals surface area (Å²) < 4.78 is 13.4. The maximum atomic E-state index is 13.4. The standard InChI is InChI=1S/C10H8FN3O/c1-6-9(13-5-14-10(6)15)7-2-3-12-4-8(7)11/h2-5H,1H3,(H,13,14,15). The fraction of sp³-hybridized carbons (Fsp3) is 0.100. The van der Waals surface area contributed by atoms with Crippen LogP contribution in [0.5, 0.6) is 0 Å².